The molecule has 0 bridgehead atoms. The minimum Gasteiger partial charge on any atom is -0.478 e. The van der Waals surface area contributed by atoms with E-state index in [-0.39, 0.29) is 17.5 Å². The smallest absolute Gasteiger partial charge is 0.335 e. The first-order valence-electron chi connectivity index (χ1n) is 10.3. The lowest BCUT2D eigenvalue weighted by Gasteiger charge is -2.34. The first-order valence-corrected chi connectivity index (χ1v) is 10.3. The third-order valence-electron chi connectivity index (χ3n) is 5.14. The van der Waals surface area contributed by atoms with E-state index < -0.39 is 5.97 Å². The molecule has 5 heteroatoms. The Balaban J connectivity index is 0.000000393. The monoisotopic (exact) mass is 406 g/mol. The Bertz CT molecular complexity index is 931. The Labute approximate surface area is 178 Å². The van der Waals surface area contributed by atoms with Crippen LogP contribution in [-0.4, -0.2) is 30.1 Å². The Morgan fingerprint density at radius 3 is 2.13 bits per heavy atom. The van der Waals surface area contributed by atoms with Gasteiger partial charge in [-0.2, -0.15) is 0 Å². The average molecular weight is 407 g/mol. The van der Waals surface area contributed by atoms with Gasteiger partial charge in [-0.3, -0.25) is 4.79 Å². The van der Waals surface area contributed by atoms with E-state index in [4.69, 9.17) is 5.11 Å². The predicted molar refractivity (Wildman–Crippen MR) is 122 cm³/mol. The zero-order valence-corrected chi connectivity index (χ0v) is 17.9. The van der Waals surface area contributed by atoms with Crippen LogP contribution in [0.5, 0.6) is 0 Å². The van der Waals surface area contributed by atoms with Gasteiger partial charge in [0.15, 0.2) is 0 Å². The van der Waals surface area contributed by atoms with Crippen molar-refractivity contribution in [3.8, 4) is 23.0 Å². The van der Waals surface area contributed by atoms with Gasteiger partial charge in [0.25, 0.3) is 0 Å². The number of benzene rings is 2. The third-order valence-corrected chi connectivity index (χ3v) is 5.14. The molecule has 0 aromatic heterocycles. The Morgan fingerprint density at radius 1 is 1.03 bits per heavy atom. The van der Waals surface area contributed by atoms with Crippen LogP contribution in [0.3, 0.4) is 0 Å². The summed E-state index contributed by atoms with van der Waals surface area (Å²) in [6, 6.07) is 13.2. The van der Waals surface area contributed by atoms with Gasteiger partial charge < -0.3 is 15.7 Å². The lowest BCUT2D eigenvalue weighted by molar-refractivity contribution is -0.117. The van der Waals surface area contributed by atoms with Gasteiger partial charge in [-0.15, -0.1) is 11.8 Å². The molecule has 0 radical (unpaired) electrons. The minimum absolute atomic E-state index is 0.0667. The van der Waals surface area contributed by atoms with Crippen molar-refractivity contribution in [1.82, 2.24) is 0 Å². The quantitative estimate of drug-likeness (QED) is 0.720. The molecule has 2 aliphatic rings. The SMILES string of the molecule is C1#CCCC1.CC(=O)N1c2ccc(-c3ccc(C(=O)O)cc3)cc2CC[C@@H]1C.CN. The molecule has 1 amide bonds. The molecule has 0 saturated carbocycles. The van der Waals surface area contributed by atoms with Crippen molar-refractivity contribution in [2.24, 2.45) is 5.73 Å². The normalized spacial score (nSPS) is 16.0. The second-order valence-electron chi connectivity index (χ2n) is 7.21. The van der Waals surface area contributed by atoms with Gasteiger partial charge in [-0.25, -0.2) is 4.79 Å². The van der Waals surface area contributed by atoms with E-state index in [9.17, 15) is 9.59 Å². The van der Waals surface area contributed by atoms with Crippen molar-refractivity contribution in [2.75, 3.05) is 11.9 Å². The number of carbonyl (C=O) groups excluding carboxylic acids is 1. The van der Waals surface area contributed by atoms with Gasteiger partial charge in [-0.05, 0) is 74.2 Å². The molecule has 158 valence electrons. The molecule has 1 aliphatic carbocycles. The molecular weight excluding hydrogens is 376 g/mol. The minimum atomic E-state index is -0.923. The molecule has 5 nitrogen and oxygen atoms in total. The summed E-state index contributed by atoms with van der Waals surface area (Å²) in [5.41, 5.74) is 8.95. The highest BCUT2D eigenvalue weighted by molar-refractivity contribution is 5.94. The van der Waals surface area contributed by atoms with E-state index in [1.807, 2.05) is 29.2 Å². The van der Waals surface area contributed by atoms with E-state index in [1.54, 1.807) is 19.1 Å². The number of amides is 1. The maximum atomic E-state index is 11.9. The van der Waals surface area contributed by atoms with E-state index in [0.717, 1.165) is 48.1 Å². The number of carboxylic acid groups (broad SMARTS) is 1. The van der Waals surface area contributed by atoms with Crippen LogP contribution in [-0.2, 0) is 11.2 Å². The standard InChI is InChI=1S/C19H19NO3.C5H6.CH5N/c1-12-3-4-17-11-16(9-10-18(17)20(12)13(2)21)14-5-7-15(8-6-14)19(22)23;1-2-4-5-3-1;1-2/h5-12H,3-4H2,1-2H3,(H,22,23);1-3H2;2H2,1H3/t12-;;/m0../s1. The van der Waals surface area contributed by atoms with Crippen molar-refractivity contribution in [3.63, 3.8) is 0 Å². The second-order valence-corrected chi connectivity index (χ2v) is 7.21. The van der Waals surface area contributed by atoms with Gasteiger partial charge >= 0.3 is 5.97 Å². The van der Waals surface area contributed by atoms with Gasteiger partial charge in [0.1, 0.15) is 0 Å². The van der Waals surface area contributed by atoms with Gasteiger partial charge in [0.05, 0.1) is 5.56 Å². The topological polar surface area (TPSA) is 83.6 Å². The Hall–Kier alpha value is -3.10. The second kappa shape index (κ2) is 11.2. The van der Waals surface area contributed by atoms with Crippen molar-refractivity contribution < 1.29 is 14.7 Å². The van der Waals surface area contributed by atoms with E-state index in [0.29, 0.717) is 0 Å². The van der Waals surface area contributed by atoms with Crippen LogP contribution in [0, 0.1) is 11.8 Å². The van der Waals surface area contributed by atoms with Crippen LogP contribution < -0.4 is 10.6 Å². The molecule has 4 rings (SSSR count). The Kier molecular flexibility index (Phi) is 8.64. The molecule has 3 N–H and O–H groups in total. The summed E-state index contributed by atoms with van der Waals surface area (Å²) in [5, 5.41) is 8.97. The summed E-state index contributed by atoms with van der Waals surface area (Å²) < 4.78 is 0. The number of hydrogen-bond donors (Lipinski definition) is 2. The number of carboxylic acids is 1. The summed E-state index contributed by atoms with van der Waals surface area (Å²) in [4.78, 5) is 24.7. The fourth-order valence-electron chi connectivity index (χ4n) is 3.66. The molecule has 30 heavy (non-hydrogen) atoms. The summed E-state index contributed by atoms with van der Waals surface area (Å²) >= 11 is 0. The molecular formula is C25H30N2O3. The number of nitrogens with two attached hydrogens (primary N) is 1. The van der Waals surface area contributed by atoms with Crippen LogP contribution in [0.2, 0.25) is 0 Å². The molecule has 1 aliphatic heterocycles. The molecule has 0 unspecified atom stereocenters. The number of carbonyl (C=O) groups is 2. The fourth-order valence-corrected chi connectivity index (χ4v) is 3.66. The maximum Gasteiger partial charge on any atom is 0.335 e. The third kappa shape index (κ3) is 5.71. The summed E-state index contributed by atoms with van der Waals surface area (Å²) in [5.74, 6) is 5.09. The Morgan fingerprint density at radius 2 is 1.63 bits per heavy atom. The van der Waals surface area contributed by atoms with Crippen LogP contribution in [0.1, 0.15) is 55.5 Å². The van der Waals surface area contributed by atoms with Crippen molar-refractivity contribution in [2.45, 2.75) is 52.0 Å². The molecule has 1 atom stereocenters. The van der Waals surface area contributed by atoms with Gasteiger partial charge in [-0.1, -0.05) is 18.2 Å². The summed E-state index contributed by atoms with van der Waals surface area (Å²) in [6.07, 6.45) is 5.45. The summed E-state index contributed by atoms with van der Waals surface area (Å²) in [7, 11) is 1.50. The van der Waals surface area contributed by atoms with Crippen LogP contribution in [0.4, 0.5) is 5.69 Å². The van der Waals surface area contributed by atoms with Gasteiger partial charge in [0.2, 0.25) is 5.91 Å². The fraction of sp³-hybridized carbons (Fsp3) is 0.360. The number of hydrogen-bond acceptors (Lipinski definition) is 3. The lowest BCUT2D eigenvalue weighted by atomic mass is 9.93. The molecule has 2 aromatic carbocycles. The zero-order valence-electron chi connectivity index (χ0n) is 17.9. The van der Waals surface area contributed by atoms with Crippen molar-refractivity contribution in [3.05, 3.63) is 53.6 Å². The van der Waals surface area contributed by atoms with Gasteiger partial charge in [0, 0.05) is 31.5 Å². The first-order chi connectivity index (χ1) is 14.5. The van der Waals surface area contributed by atoms with Crippen molar-refractivity contribution >= 4 is 17.6 Å². The first kappa shape index (κ1) is 23.2. The molecule has 1 heterocycles. The number of rotatable bonds is 2. The number of aromatic carboxylic acids is 1. The van der Waals surface area contributed by atoms with Crippen LogP contribution in [0.15, 0.2) is 42.5 Å². The van der Waals surface area contributed by atoms with E-state index >= 15 is 0 Å². The predicted octanol–water partition coefficient (Wildman–Crippen LogP) is 4.49. The number of nitrogens with zero attached hydrogens (tertiary/aromatic N) is 1. The molecule has 0 spiro atoms. The van der Waals surface area contributed by atoms with Crippen LogP contribution in [0.25, 0.3) is 11.1 Å². The number of anilines is 1. The van der Waals surface area contributed by atoms with Crippen molar-refractivity contribution in [1.29, 1.82) is 0 Å². The highest BCUT2D eigenvalue weighted by Gasteiger charge is 2.26. The number of aryl methyl sites for hydroxylation is 1. The largest absolute Gasteiger partial charge is 0.478 e. The van der Waals surface area contributed by atoms with E-state index in [1.165, 1.54) is 13.5 Å². The maximum absolute atomic E-state index is 11.9. The number of fused-ring (bicyclic) bond motifs is 1. The molecule has 0 saturated heterocycles. The van der Waals surface area contributed by atoms with Crippen LogP contribution >= 0.6 is 0 Å². The van der Waals surface area contributed by atoms with E-state index in [2.05, 4.69) is 30.6 Å². The zero-order chi connectivity index (χ0) is 22.1. The molecule has 0 fully saturated rings. The highest BCUT2D eigenvalue weighted by Crippen LogP contribution is 2.34. The highest BCUT2D eigenvalue weighted by atomic mass is 16.4. The average Bonchev–Trinajstić information content (AvgIpc) is 3.35. The lowest BCUT2D eigenvalue weighted by Crippen LogP contribution is -2.40. The molecule has 2 aromatic rings. The summed E-state index contributed by atoms with van der Waals surface area (Å²) in [6.45, 7) is 3.67.